The number of carboxylic acid groups (broad SMARTS) is 1. The van der Waals surface area contributed by atoms with Gasteiger partial charge in [0.15, 0.2) is 0 Å². The number of amides is 1. The molecular formula is C12H19F3N2O3. The van der Waals surface area contributed by atoms with Gasteiger partial charge < -0.3 is 15.7 Å². The minimum Gasteiger partial charge on any atom is -0.479 e. The number of alkyl halides is 3. The van der Waals surface area contributed by atoms with E-state index in [0.717, 1.165) is 0 Å². The van der Waals surface area contributed by atoms with E-state index in [4.69, 9.17) is 5.11 Å². The molecule has 1 fully saturated rings. The SMILES string of the molecule is CCC1(C(=O)NC(C)(C(=O)O)C(F)(F)F)CCNCC1. The molecule has 1 aliphatic rings. The molecule has 20 heavy (non-hydrogen) atoms. The van der Waals surface area contributed by atoms with Gasteiger partial charge in [-0.25, -0.2) is 4.79 Å². The van der Waals surface area contributed by atoms with E-state index in [9.17, 15) is 22.8 Å². The minimum absolute atomic E-state index is 0.369. The van der Waals surface area contributed by atoms with E-state index in [-0.39, 0.29) is 0 Å². The minimum atomic E-state index is -5.06. The van der Waals surface area contributed by atoms with Gasteiger partial charge in [-0.2, -0.15) is 13.2 Å². The summed E-state index contributed by atoms with van der Waals surface area (Å²) in [5.41, 5.74) is -4.20. The second kappa shape index (κ2) is 5.59. The first-order valence-electron chi connectivity index (χ1n) is 6.42. The molecule has 0 aromatic carbocycles. The summed E-state index contributed by atoms with van der Waals surface area (Å²) in [6, 6.07) is 0. The first-order valence-corrected chi connectivity index (χ1v) is 6.42. The van der Waals surface area contributed by atoms with Crippen molar-refractivity contribution >= 4 is 11.9 Å². The van der Waals surface area contributed by atoms with Crippen molar-refractivity contribution < 1.29 is 27.9 Å². The number of hydrogen-bond donors (Lipinski definition) is 3. The fourth-order valence-electron chi connectivity index (χ4n) is 2.25. The Hall–Kier alpha value is -1.31. The monoisotopic (exact) mass is 296 g/mol. The number of nitrogens with one attached hydrogen (secondary N) is 2. The first-order chi connectivity index (χ1) is 9.09. The highest BCUT2D eigenvalue weighted by molar-refractivity contribution is 5.90. The van der Waals surface area contributed by atoms with E-state index in [1.54, 1.807) is 12.2 Å². The zero-order valence-corrected chi connectivity index (χ0v) is 11.4. The fourth-order valence-corrected chi connectivity index (χ4v) is 2.25. The molecule has 1 heterocycles. The van der Waals surface area contributed by atoms with Crippen LogP contribution in [0.2, 0.25) is 0 Å². The highest BCUT2D eigenvalue weighted by Gasteiger charge is 2.59. The van der Waals surface area contributed by atoms with Crippen LogP contribution in [0.4, 0.5) is 13.2 Å². The van der Waals surface area contributed by atoms with Crippen molar-refractivity contribution in [1.29, 1.82) is 0 Å². The summed E-state index contributed by atoms with van der Waals surface area (Å²) in [5, 5.41) is 13.6. The average Bonchev–Trinajstić information content (AvgIpc) is 2.37. The number of hydrogen-bond acceptors (Lipinski definition) is 3. The average molecular weight is 296 g/mol. The smallest absolute Gasteiger partial charge is 0.422 e. The molecule has 0 saturated carbocycles. The van der Waals surface area contributed by atoms with Gasteiger partial charge in [-0.3, -0.25) is 4.79 Å². The lowest BCUT2D eigenvalue weighted by Crippen LogP contribution is -2.64. The molecule has 1 unspecified atom stereocenters. The zero-order valence-electron chi connectivity index (χ0n) is 11.4. The number of halogens is 3. The van der Waals surface area contributed by atoms with Gasteiger partial charge in [-0.05, 0) is 39.3 Å². The summed E-state index contributed by atoms with van der Waals surface area (Å²) in [6.07, 6.45) is -3.91. The van der Waals surface area contributed by atoms with Crippen molar-refractivity contribution in [2.75, 3.05) is 13.1 Å². The Balaban J connectivity index is 2.99. The van der Waals surface area contributed by atoms with Gasteiger partial charge in [0.25, 0.3) is 0 Å². The molecule has 0 aromatic rings. The van der Waals surface area contributed by atoms with Crippen molar-refractivity contribution in [3.05, 3.63) is 0 Å². The third-order valence-corrected chi connectivity index (χ3v) is 4.08. The number of carbonyl (C=O) groups is 2. The number of aliphatic carboxylic acids is 1. The Bertz CT molecular complexity index is 392. The van der Waals surface area contributed by atoms with Gasteiger partial charge in [0.1, 0.15) is 0 Å². The molecule has 1 saturated heterocycles. The van der Waals surface area contributed by atoms with Crippen LogP contribution in [-0.2, 0) is 9.59 Å². The number of carboxylic acids is 1. The molecule has 0 aliphatic carbocycles. The van der Waals surface area contributed by atoms with Crippen molar-refractivity contribution in [3.63, 3.8) is 0 Å². The van der Waals surface area contributed by atoms with Crippen molar-refractivity contribution in [3.8, 4) is 0 Å². The van der Waals surface area contributed by atoms with Crippen LogP contribution in [0.1, 0.15) is 33.1 Å². The highest BCUT2D eigenvalue weighted by atomic mass is 19.4. The molecule has 1 atom stereocenters. The lowest BCUT2D eigenvalue weighted by atomic mass is 9.75. The molecule has 0 bridgehead atoms. The lowest BCUT2D eigenvalue weighted by molar-refractivity contribution is -0.208. The van der Waals surface area contributed by atoms with Gasteiger partial charge >= 0.3 is 12.1 Å². The Morgan fingerprint density at radius 1 is 1.30 bits per heavy atom. The molecule has 0 spiro atoms. The van der Waals surface area contributed by atoms with E-state index in [0.29, 0.717) is 39.3 Å². The summed E-state index contributed by atoms with van der Waals surface area (Å²) in [4.78, 5) is 23.1. The Kier molecular flexibility index (Phi) is 4.68. The van der Waals surface area contributed by atoms with E-state index >= 15 is 0 Å². The molecule has 116 valence electrons. The van der Waals surface area contributed by atoms with Crippen LogP contribution in [0.25, 0.3) is 0 Å². The molecule has 1 aliphatic heterocycles. The predicted octanol–water partition coefficient (Wildman–Crippen LogP) is 1.29. The highest BCUT2D eigenvalue weighted by Crippen LogP contribution is 2.36. The summed E-state index contributed by atoms with van der Waals surface area (Å²) in [5.74, 6) is -2.96. The maximum absolute atomic E-state index is 12.9. The predicted molar refractivity (Wildman–Crippen MR) is 65.1 cm³/mol. The molecular weight excluding hydrogens is 277 g/mol. The standard InChI is InChI=1S/C12H19F3N2O3/c1-3-11(4-6-16-7-5-11)8(18)17-10(2,9(19)20)12(13,14)15/h16H,3-7H2,1-2H3,(H,17,18)(H,19,20). The number of carbonyl (C=O) groups excluding carboxylic acids is 1. The van der Waals surface area contributed by atoms with Crippen LogP contribution >= 0.6 is 0 Å². The Labute approximate surface area is 114 Å². The lowest BCUT2D eigenvalue weighted by Gasteiger charge is -2.38. The van der Waals surface area contributed by atoms with Crippen LogP contribution in [0.15, 0.2) is 0 Å². The molecule has 3 N–H and O–H groups in total. The van der Waals surface area contributed by atoms with Crippen LogP contribution in [0, 0.1) is 5.41 Å². The Morgan fingerprint density at radius 2 is 1.80 bits per heavy atom. The number of rotatable bonds is 4. The van der Waals surface area contributed by atoms with Gasteiger partial charge in [-0.1, -0.05) is 6.92 Å². The second-order valence-corrected chi connectivity index (χ2v) is 5.27. The molecule has 5 nitrogen and oxygen atoms in total. The van der Waals surface area contributed by atoms with E-state index in [2.05, 4.69) is 5.32 Å². The van der Waals surface area contributed by atoms with Crippen LogP contribution in [0.3, 0.4) is 0 Å². The topological polar surface area (TPSA) is 78.4 Å². The third-order valence-electron chi connectivity index (χ3n) is 4.08. The normalized spacial score (nSPS) is 21.9. The molecule has 0 radical (unpaired) electrons. The summed E-state index contributed by atoms with van der Waals surface area (Å²) >= 11 is 0. The van der Waals surface area contributed by atoms with Gasteiger partial charge in [-0.15, -0.1) is 0 Å². The molecule has 8 heteroatoms. The summed E-state index contributed by atoms with van der Waals surface area (Å²) in [7, 11) is 0. The van der Waals surface area contributed by atoms with Crippen LogP contribution in [0.5, 0.6) is 0 Å². The van der Waals surface area contributed by atoms with Crippen LogP contribution in [-0.4, -0.2) is 41.8 Å². The molecule has 0 aromatic heterocycles. The van der Waals surface area contributed by atoms with Gasteiger partial charge in [0.2, 0.25) is 11.4 Å². The molecule has 1 rings (SSSR count). The maximum Gasteiger partial charge on any atom is 0.422 e. The van der Waals surface area contributed by atoms with E-state index in [1.807, 2.05) is 0 Å². The Morgan fingerprint density at radius 3 is 2.15 bits per heavy atom. The number of piperidine rings is 1. The van der Waals surface area contributed by atoms with Crippen molar-refractivity contribution in [2.24, 2.45) is 5.41 Å². The largest absolute Gasteiger partial charge is 0.479 e. The fraction of sp³-hybridized carbons (Fsp3) is 0.833. The van der Waals surface area contributed by atoms with Gasteiger partial charge in [0, 0.05) is 0 Å². The first kappa shape index (κ1) is 16.7. The van der Waals surface area contributed by atoms with Gasteiger partial charge in [0.05, 0.1) is 5.41 Å². The second-order valence-electron chi connectivity index (χ2n) is 5.27. The zero-order chi connectivity index (χ0) is 15.6. The van der Waals surface area contributed by atoms with E-state index < -0.39 is 29.0 Å². The van der Waals surface area contributed by atoms with Crippen LogP contribution < -0.4 is 10.6 Å². The maximum atomic E-state index is 12.9. The summed E-state index contributed by atoms with van der Waals surface area (Å²) in [6.45, 7) is 3.24. The van der Waals surface area contributed by atoms with Crippen molar-refractivity contribution in [2.45, 2.75) is 44.8 Å². The summed E-state index contributed by atoms with van der Waals surface area (Å²) < 4.78 is 38.7. The molecule has 1 amide bonds. The third kappa shape index (κ3) is 2.89. The van der Waals surface area contributed by atoms with E-state index in [1.165, 1.54) is 0 Å². The quantitative estimate of drug-likeness (QED) is 0.730. The van der Waals surface area contributed by atoms with Crippen molar-refractivity contribution in [1.82, 2.24) is 10.6 Å².